The first-order valence-corrected chi connectivity index (χ1v) is 7.71. The lowest BCUT2D eigenvalue weighted by molar-refractivity contribution is 0.411. The van der Waals surface area contributed by atoms with E-state index in [1.165, 1.54) is 12.1 Å². The van der Waals surface area contributed by atoms with Crippen LogP contribution >= 0.6 is 31.9 Å². The molecular formula is C15H13Br2F2NO. The number of rotatable bonds is 4. The Labute approximate surface area is 138 Å². The van der Waals surface area contributed by atoms with E-state index in [9.17, 15) is 8.78 Å². The molecule has 2 aromatic carbocycles. The molecule has 21 heavy (non-hydrogen) atoms. The summed E-state index contributed by atoms with van der Waals surface area (Å²) >= 11 is 6.46. The molecule has 0 radical (unpaired) electrons. The van der Waals surface area contributed by atoms with E-state index in [1.54, 1.807) is 32.4 Å². The zero-order chi connectivity index (χ0) is 15.6. The molecular weight excluding hydrogens is 408 g/mol. The van der Waals surface area contributed by atoms with Gasteiger partial charge in [-0.15, -0.1) is 0 Å². The molecule has 0 saturated carbocycles. The Morgan fingerprint density at radius 2 is 1.71 bits per heavy atom. The summed E-state index contributed by atoms with van der Waals surface area (Å²) in [7, 11) is 3.22. The van der Waals surface area contributed by atoms with Crippen LogP contribution in [0.1, 0.15) is 17.2 Å². The Balaban J connectivity index is 2.52. The van der Waals surface area contributed by atoms with Crippen LogP contribution in [0.4, 0.5) is 8.78 Å². The lowest BCUT2D eigenvalue weighted by Gasteiger charge is -2.19. The van der Waals surface area contributed by atoms with Gasteiger partial charge in [0.2, 0.25) is 0 Å². The fraction of sp³-hybridized carbons (Fsp3) is 0.200. The summed E-state index contributed by atoms with van der Waals surface area (Å²) in [6.45, 7) is 0. The molecule has 0 amide bonds. The number of hydrogen-bond acceptors (Lipinski definition) is 2. The summed E-state index contributed by atoms with van der Waals surface area (Å²) in [6.07, 6.45) is 0. The zero-order valence-corrected chi connectivity index (χ0v) is 14.6. The average molecular weight is 421 g/mol. The van der Waals surface area contributed by atoms with Gasteiger partial charge in [-0.05, 0) is 52.8 Å². The Morgan fingerprint density at radius 1 is 1.10 bits per heavy atom. The van der Waals surface area contributed by atoms with Gasteiger partial charge in [0.15, 0.2) is 0 Å². The van der Waals surface area contributed by atoms with Crippen molar-refractivity contribution < 1.29 is 13.5 Å². The van der Waals surface area contributed by atoms with Crippen molar-refractivity contribution in [3.8, 4) is 5.75 Å². The Hall–Kier alpha value is -0.980. The van der Waals surface area contributed by atoms with Gasteiger partial charge in [-0.3, -0.25) is 0 Å². The number of nitrogens with one attached hydrogen (secondary N) is 1. The lowest BCUT2D eigenvalue weighted by atomic mass is 9.97. The van der Waals surface area contributed by atoms with Gasteiger partial charge in [0.25, 0.3) is 0 Å². The SMILES string of the molecule is CNC(c1ccc(OC)c(Br)c1)c1c(F)cc(Br)cc1F. The van der Waals surface area contributed by atoms with E-state index in [1.807, 2.05) is 0 Å². The lowest BCUT2D eigenvalue weighted by Crippen LogP contribution is -2.20. The first kappa shape index (κ1) is 16.4. The third-order valence-corrected chi connectivity index (χ3v) is 4.21. The molecule has 0 saturated heterocycles. The Bertz CT molecular complexity index is 641. The maximum Gasteiger partial charge on any atom is 0.133 e. The number of benzene rings is 2. The van der Waals surface area contributed by atoms with Crippen LogP contribution in [0.3, 0.4) is 0 Å². The second kappa shape index (κ2) is 6.85. The molecule has 2 rings (SSSR count). The minimum atomic E-state index is -0.604. The highest BCUT2D eigenvalue weighted by atomic mass is 79.9. The third kappa shape index (κ3) is 3.44. The maximum absolute atomic E-state index is 14.1. The molecule has 2 nitrogen and oxygen atoms in total. The Morgan fingerprint density at radius 3 is 2.19 bits per heavy atom. The molecule has 0 heterocycles. The molecule has 0 aromatic heterocycles. The molecule has 2 aromatic rings. The van der Waals surface area contributed by atoms with E-state index in [0.29, 0.717) is 10.2 Å². The minimum Gasteiger partial charge on any atom is -0.496 e. The second-order valence-electron chi connectivity index (χ2n) is 4.40. The molecule has 0 fully saturated rings. The zero-order valence-electron chi connectivity index (χ0n) is 11.4. The first-order chi connectivity index (χ1) is 9.97. The summed E-state index contributed by atoms with van der Waals surface area (Å²) in [4.78, 5) is 0. The monoisotopic (exact) mass is 419 g/mol. The largest absolute Gasteiger partial charge is 0.496 e. The van der Waals surface area contributed by atoms with Crippen molar-refractivity contribution in [3.63, 3.8) is 0 Å². The maximum atomic E-state index is 14.1. The van der Waals surface area contributed by atoms with E-state index < -0.39 is 17.7 Å². The fourth-order valence-corrected chi connectivity index (χ4v) is 3.13. The Kier molecular flexibility index (Phi) is 5.35. The van der Waals surface area contributed by atoms with Crippen molar-refractivity contribution >= 4 is 31.9 Å². The molecule has 0 aliphatic carbocycles. The summed E-state index contributed by atoms with van der Waals surface area (Å²) < 4.78 is 34.5. The van der Waals surface area contributed by atoms with Crippen LogP contribution in [0, 0.1) is 11.6 Å². The van der Waals surface area contributed by atoms with Crippen LogP contribution in [-0.2, 0) is 0 Å². The predicted octanol–water partition coefficient (Wildman–Crippen LogP) is 4.81. The molecule has 0 aliphatic heterocycles. The highest BCUT2D eigenvalue weighted by molar-refractivity contribution is 9.10. The van der Waals surface area contributed by atoms with Gasteiger partial charge >= 0.3 is 0 Å². The van der Waals surface area contributed by atoms with E-state index in [2.05, 4.69) is 37.2 Å². The summed E-state index contributed by atoms with van der Waals surface area (Å²) in [5.41, 5.74) is 0.711. The topological polar surface area (TPSA) is 21.3 Å². The number of hydrogen-bond donors (Lipinski definition) is 1. The normalized spacial score (nSPS) is 12.3. The van der Waals surface area contributed by atoms with E-state index in [4.69, 9.17) is 4.74 Å². The van der Waals surface area contributed by atoms with Gasteiger partial charge < -0.3 is 10.1 Å². The van der Waals surface area contributed by atoms with Gasteiger partial charge in [0.1, 0.15) is 17.4 Å². The van der Waals surface area contributed by atoms with Crippen LogP contribution < -0.4 is 10.1 Å². The van der Waals surface area contributed by atoms with Crippen LogP contribution in [-0.4, -0.2) is 14.2 Å². The summed E-state index contributed by atoms with van der Waals surface area (Å²) in [6, 6.07) is 7.20. The van der Waals surface area contributed by atoms with E-state index in [-0.39, 0.29) is 5.56 Å². The van der Waals surface area contributed by atoms with Crippen molar-refractivity contribution in [2.75, 3.05) is 14.2 Å². The molecule has 1 atom stereocenters. The smallest absolute Gasteiger partial charge is 0.133 e. The molecule has 0 bridgehead atoms. The van der Waals surface area contributed by atoms with Crippen molar-refractivity contribution in [1.82, 2.24) is 5.32 Å². The standard InChI is InChI=1S/C15H13Br2F2NO/c1-20-15(8-3-4-13(21-2)10(17)5-8)14-11(18)6-9(16)7-12(14)19/h3-7,15,20H,1-2H3. The summed E-state index contributed by atoms with van der Waals surface area (Å²) in [5.74, 6) is -0.549. The van der Waals surface area contributed by atoms with Crippen LogP contribution in [0.25, 0.3) is 0 Å². The second-order valence-corrected chi connectivity index (χ2v) is 6.17. The van der Waals surface area contributed by atoms with Crippen LogP contribution in [0.15, 0.2) is 39.3 Å². The molecule has 1 unspecified atom stereocenters. The predicted molar refractivity (Wildman–Crippen MR) is 85.7 cm³/mol. The van der Waals surface area contributed by atoms with Crippen molar-refractivity contribution in [1.29, 1.82) is 0 Å². The average Bonchev–Trinajstić information content (AvgIpc) is 2.42. The minimum absolute atomic E-state index is 0.0160. The number of ether oxygens (including phenoxy) is 1. The molecule has 112 valence electrons. The van der Waals surface area contributed by atoms with Gasteiger partial charge in [-0.1, -0.05) is 22.0 Å². The van der Waals surface area contributed by atoms with Crippen LogP contribution in [0.2, 0.25) is 0 Å². The van der Waals surface area contributed by atoms with E-state index >= 15 is 0 Å². The highest BCUT2D eigenvalue weighted by Crippen LogP contribution is 2.33. The van der Waals surface area contributed by atoms with Gasteiger partial charge in [-0.2, -0.15) is 0 Å². The number of methoxy groups -OCH3 is 1. The highest BCUT2D eigenvalue weighted by Gasteiger charge is 2.22. The van der Waals surface area contributed by atoms with Gasteiger partial charge in [0, 0.05) is 10.0 Å². The number of halogens is 4. The van der Waals surface area contributed by atoms with E-state index in [0.717, 1.165) is 10.0 Å². The first-order valence-electron chi connectivity index (χ1n) is 6.13. The van der Waals surface area contributed by atoms with Crippen molar-refractivity contribution in [2.45, 2.75) is 6.04 Å². The molecule has 1 N–H and O–H groups in total. The molecule has 0 aliphatic rings. The van der Waals surface area contributed by atoms with Crippen LogP contribution in [0.5, 0.6) is 5.75 Å². The van der Waals surface area contributed by atoms with Crippen molar-refractivity contribution in [2.24, 2.45) is 0 Å². The quantitative estimate of drug-likeness (QED) is 0.766. The van der Waals surface area contributed by atoms with Crippen molar-refractivity contribution in [3.05, 3.63) is 62.0 Å². The van der Waals surface area contributed by atoms with Gasteiger partial charge in [-0.25, -0.2) is 8.78 Å². The molecule has 0 spiro atoms. The third-order valence-electron chi connectivity index (χ3n) is 3.13. The molecule has 6 heteroatoms. The summed E-state index contributed by atoms with van der Waals surface area (Å²) in [5, 5.41) is 2.94. The fourth-order valence-electron chi connectivity index (χ4n) is 2.17. The van der Waals surface area contributed by atoms with Gasteiger partial charge in [0.05, 0.1) is 17.6 Å².